The van der Waals surface area contributed by atoms with Crippen molar-refractivity contribution < 1.29 is 14.7 Å². The fourth-order valence-electron chi connectivity index (χ4n) is 3.67. The van der Waals surface area contributed by atoms with Crippen molar-refractivity contribution >= 4 is 57.7 Å². The fourth-order valence-corrected chi connectivity index (χ4v) is 4.42. The van der Waals surface area contributed by atoms with Crippen molar-refractivity contribution in [1.29, 1.82) is 0 Å². The number of carbonyl (C=O) groups is 1. The van der Waals surface area contributed by atoms with Crippen LogP contribution in [0.1, 0.15) is 22.4 Å². The van der Waals surface area contributed by atoms with Crippen LogP contribution in [0.2, 0.25) is 0 Å². The van der Waals surface area contributed by atoms with Crippen LogP contribution in [0.25, 0.3) is 0 Å². The molecule has 162 valence electrons. The fraction of sp³-hybridized carbons (Fsp3) is 0.0800. The van der Waals surface area contributed by atoms with E-state index in [9.17, 15) is 9.90 Å². The van der Waals surface area contributed by atoms with Crippen molar-refractivity contribution in [2.75, 3.05) is 12.4 Å². The van der Waals surface area contributed by atoms with Gasteiger partial charge in [-0.2, -0.15) is 0 Å². The number of carboxylic acid groups (broad SMARTS) is 1. The summed E-state index contributed by atoms with van der Waals surface area (Å²) in [5.74, 6) is -1.20. The number of aromatic nitrogens is 1. The first-order valence-corrected chi connectivity index (χ1v) is 10.8. The molecule has 0 unspecified atom stereocenters. The van der Waals surface area contributed by atoms with E-state index in [2.05, 4.69) is 56.7 Å². The summed E-state index contributed by atoms with van der Waals surface area (Å²) in [7, 11) is 1.31. The van der Waals surface area contributed by atoms with E-state index in [4.69, 9.17) is 0 Å². The summed E-state index contributed by atoms with van der Waals surface area (Å²) in [6.07, 6.45) is 0. The molecule has 0 saturated heterocycles. The molecule has 1 heterocycles. The van der Waals surface area contributed by atoms with E-state index in [-0.39, 0.29) is 41.0 Å². The van der Waals surface area contributed by atoms with Gasteiger partial charge >= 0.3 is 35.5 Å². The molecule has 0 fully saturated rings. The number of aliphatic carboxylic acids is 1. The van der Waals surface area contributed by atoms with Gasteiger partial charge in [0.2, 0.25) is 5.71 Å². The van der Waals surface area contributed by atoms with Crippen molar-refractivity contribution in [3.8, 4) is 0 Å². The summed E-state index contributed by atoms with van der Waals surface area (Å²) >= 11 is 1.31. The van der Waals surface area contributed by atoms with Gasteiger partial charge in [-0.3, -0.25) is 0 Å². The Kier molecular flexibility index (Phi) is 8.41. The molecule has 0 bridgehead atoms. The Morgan fingerprint density at radius 1 is 0.909 bits per heavy atom. The SMILES string of the molecule is CO/N=C(\C(=O)O)c1csc(NC(c2ccccc2)(c2ccccc2)c2ccccc2)n1.[NaH]. The van der Waals surface area contributed by atoms with Gasteiger partial charge < -0.3 is 15.3 Å². The molecule has 3 aromatic carbocycles. The second-order valence-electron chi connectivity index (χ2n) is 6.94. The molecule has 33 heavy (non-hydrogen) atoms. The van der Waals surface area contributed by atoms with Crippen LogP contribution in [0, 0.1) is 0 Å². The summed E-state index contributed by atoms with van der Waals surface area (Å²) in [6.45, 7) is 0. The van der Waals surface area contributed by atoms with Crippen LogP contribution in [0.15, 0.2) is 102 Å². The van der Waals surface area contributed by atoms with E-state index in [0.29, 0.717) is 5.13 Å². The number of carboxylic acids is 1. The summed E-state index contributed by atoms with van der Waals surface area (Å²) < 4.78 is 0. The molecule has 0 atom stereocenters. The third-order valence-corrected chi connectivity index (χ3v) is 5.80. The number of thiazole rings is 1. The van der Waals surface area contributed by atoms with E-state index in [1.165, 1.54) is 18.4 Å². The predicted molar refractivity (Wildman–Crippen MR) is 133 cm³/mol. The summed E-state index contributed by atoms with van der Waals surface area (Å²) in [4.78, 5) is 20.8. The number of benzene rings is 3. The summed E-state index contributed by atoms with van der Waals surface area (Å²) in [6, 6.07) is 30.3. The summed E-state index contributed by atoms with van der Waals surface area (Å²) in [5, 5.41) is 18.9. The number of rotatable bonds is 8. The molecule has 0 aliphatic carbocycles. The Morgan fingerprint density at radius 3 is 1.76 bits per heavy atom. The van der Waals surface area contributed by atoms with Crippen molar-refractivity contribution in [3.05, 3.63) is 119 Å². The monoisotopic (exact) mass is 467 g/mol. The Balaban J connectivity index is 0.00000306. The van der Waals surface area contributed by atoms with E-state index in [0.717, 1.165) is 16.7 Å². The van der Waals surface area contributed by atoms with E-state index in [1.54, 1.807) is 5.38 Å². The van der Waals surface area contributed by atoms with Gasteiger partial charge in [-0.1, -0.05) is 96.2 Å². The maximum atomic E-state index is 11.6. The normalized spacial score (nSPS) is 11.4. The van der Waals surface area contributed by atoms with Gasteiger partial charge in [-0.25, -0.2) is 9.78 Å². The number of nitrogens with zero attached hydrogens (tertiary/aromatic N) is 2. The topological polar surface area (TPSA) is 83.8 Å². The maximum absolute atomic E-state index is 11.6. The quantitative estimate of drug-likeness (QED) is 0.174. The molecule has 4 aromatic rings. The van der Waals surface area contributed by atoms with Gasteiger partial charge in [-0.05, 0) is 16.7 Å². The predicted octanol–water partition coefficient (Wildman–Crippen LogP) is 4.33. The zero-order valence-corrected chi connectivity index (χ0v) is 18.1. The molecule has 8 heteroatoms. The minimum absolute atomic E-state index is 0. The zero-order valence-electron chi connectivity index (χ0n) is 17.3. The Bertz CT molecular complexity index is 1120. The molecule has 0 amide bonds. The van der Waals surface area contributed by atoms with Gasteiger partial charge in [0.15, 0.2) is 5.13 Å². The van der Waals surface area contributed by atoms with E-state index >= 15 is 0 Å². The third kappa shape index (κ3) is 5.17. The molecule has 0 saturated carbocycles. The van der Waals surface area contributed by atoms with Crippen LogP contribution >= 0.6 is 11.3 Å². The van der Waals surface area contributed by atoms with Gasteiger partial charge in [-0.15, -0.1) is 11.3 Å². The van der Waals surface area contributed by atoms with Gasteiger partial charge in [0.1, 0.15) is 18.3 Å². The van der Waals surface area contributed by atoms with Crippen LogP contribution in [0.5, 0.6) is 0 Å². The average molecular weight is 468 g/mol. The molecule has 2 N–H and O–H groups in total. The number of hydrogen-bond donors (Lipinski definition) is 2. The standard InChI is InChI=1S/C25H21N3O3S.Na.H/c1-31-28-22(23(29)30)21-17-32-24(26-21)27-25(18-11-5-2-6-12-18,19-13-7-3-8-14-19)20-15-9-4-10-16-20;;/h2-17H,1H3,(H,26,27)(H,29,30);;/b28-22-;;. The number of anilines is 1. The Hall–Kier alpha value is -2.97. The van der Waals surface area contributed by atoms with Gasteiger partial charge in [0, 0.05) is 5.38 Å². The van der Waals surface area contributed by atoms with Crippen molar-refractivity contribution in [2.45, 2.75) is 5.54 Å². The second kappa shape index (κ2) is 11.2. The van der Waals surface area contributed by atoms with E-state index in [1.807, 2.05) is 54.6 Å². The van der Waals surface area contributed by atoms with Crippen LogP contribution in [0.3, 0.4) is 0 Å². The van der Waals surface area contributed by atoms with Crippen LogP contribution in [-0.2, 0) is 15.2 Å². The van der Waals surface area contributed by atoms with Crippen molar-refractivity contribution in [3.63, 3.8) is 0 Å². The number of nitrogens with one attached hydrogen (secondary N) is 1. The van der Waals surface area contributed by atoms with Crippen LogP contribution < -0.4 is 5.32 Å². The number of hydrogen-bond acceptors (Lipinski definition) is 6. The molecule has 6 nitrogen and oxygen atoms in total. The first-order chi connectivity index (χ1) is 15.6. The number of oxime groups is 1. The first kappa shape index (κ1) is 24.7. The molecule has 0 radical (unpaired) electrons. The molecular weight excluding hydrogens is 445 g/mol. The van der Waals surface area contributed by atoms with Crippen LogP contribution in [0.4, 0.5) is 5.13 Å². The zero-order chi connectivity index (χ0) is 22.4. The Morgan fingerprint density at radius 2 is 1.36 bits per heavy atom. The average Bonchev–Trinajstić information content (AvgIpc) is 3.30. The van der Waals surface area contributed by atoms with E-state index < -0.39 is 11.5 Å². The molecular formula is C25H22N3NaO3S. The molecule has 0 spiro atoms. The first-order valence-electron chi connectivity index (χ1n) is 9.90. The third-order valence-electron chi connectivity index (χ3n) is 5.05. The molecule has 0 aliphatic rings. The minimum atomic E-state index is -1.20. The molecule has 4 rings (SSSR count). The van der Waals surface area contributed by atoms with Crippen LogP contribution in [-0.4, -0.2) is 58.4 Å². The molecule has 0 aliphatic heterocycles. The van der Waals surface area contributed by atoms with Crippen molar-refractivity contribution in [1.82, 2.24) is 4.98 Å². The molecule has 1 aromatic heterocycles. The Labute approximate surface area is 218 Å². The van der Waals surface area contributed by atoms with Gasteiger partial charge in [0.25, 0.3) is 0 Å². The summed E-state index contributed by atoms with van der Waals surface area (Å²) in [5.41, 5.74) is 2.31. The van der Waals surface area contributed by atoms with Gasteiger partial charge in [0.05, 0.1) is 0 Å². The van der Waals surface area contributed by atoms with Crippen molar-refractivity contribution in [2.24, 2.45) is 5.16 Å². The second-order valence-corrected chi connectivity index (χ2v) is 7.80.